The molecule has 3 N–H and O–H groups in total. The van der Waals surface area contributed by atoms with Crippen LogP contribution in [0.15, 0.2) is 16.7 Å². The number of carbonyl (C=O) groups is 1. The van der Waals surface area contributed by atoms with E-state index in [1.165, 1.54) is 7.11 Å². The number of hydrogen-bond donors (Lipinski definition) is 2. The molecule has 6 heteroatoms. The first-order valence-electron chi connectivity index (χ1n) is 3.40. The summed E-state index contributed by atoms with van der Waals surface area (Å²) in [5.41, 5.74) is 6.01. The molecule has 1 amide bonds. The summed E-state index contributed by atoms with van der Waals surface area (Å²) in [5, 5.41) is 2.40. The van der Waals surface area contributed by atoms with E-state index in [2.05, 4.69) is 31.0 Å². The van der Waals surface area contributed by atoms with Crippen LogP contribution in [0.3, 0.4) is 0 Å². The molecule has 1 heterocycles. The Balaban J connectivity index is 2.79. The van der Waals surface area contributed by atoms with Crippen LogP contribution in [-0.4, -0.2) is 18.2 Å². The Kier molecular flexibility index (Phi) is 3.07. The van der Waals surface area contributed by atoms with Crippen molar-refractivity contribution in [3.8, 4) is 0 Å². The predicted molar refractivity (Wildman–Crippen MR) is 52.4 cm³/mol. The van der Waals surface area contributed by atoms with Gasteiger partial charge in [-0.05, 0) is 28.1 Å². The van der Waals surface area contributed by atoms with Gasteiger partial charge >= 0.3 is 6.09 Å². The van der Waals surface area contributed by atoms with Crippen LogP contribution in [0.1, 0.15) is 0 Å². The highest BCUT2D eigenvalue weighted by atomic mass is 79.9. The van der Waals surface area contributed by atoms with Crippen molar-refractivity contribution in [2.24, 2.45) is 0 Å². The molecule has 70 valence electrons. The fourth-order valence-corrected chi connectivity index (χ4v) is 0.993. The van der Waals surface area contributed by atoms with Crippen molar-refractivity contribution < 1.29 is 9.53 Å². The van der Waals surface area contributed by atoms with Gasteiger partial charge in [0.05, 0.1) is 12.8 Å². The van der Waals surface area contributed by atoms with E-state index in [0.717, 1.165) is 0 Å². The van der Waals surface area contributed by atoms with Crippen molar-refractivity contribution in [3.63, 3.8) is 0 Å². The molecule has 1 aromatic heterocycles. The molecule has 0 unspecified atom stereocenters. The van der Waals surface area contributed by atoms with Gasteiger partial charge in [0.15, 0.2) is 0 Å². The number of hydrogen-bond acceptors (Lipinski definition) is 4. The highest BCUT2D eigenvalue weighted by Crippen LogP contribution is 2.18. The second kappa shape index (κ2) is 4.08. The zero-order chi connectivity index (χ0) is 9.84. The van der Waals surface area contributed by atoms with Gasteiger partial charge in [-0.3, -0.25) is 5.32 Å². The van der Waals surface area contributed by atoms with Gasteiger partial charge < -0.3 is 10.5 Å². The van der Waals surface area contributed by atoms with Gasteiger partial charge in [0.2, 0.25) is 0 Å². The number of anilines is 2. The van der Waals surface area contributed by atoms with Gasteiger partial charge in [0.25, 0.3) is 0 Å². The van der Waals surface area contributed by atoms with E-state index < -0.39 is 6.09 Å². The third-order valence-electron chi connectivity index (χ3n) is 1.29. The quantitative estimate of drug-likeness (QED) is 0.738. The lowest BCUT2D eigenvalue weighted by Crippen LogP contribution is -2.12. The normalized spacial score (nSPS) is 9.38. The second-order valence-electron chi connectivity index (χ2n) is 2.19. The first-order valence-corrected chi connectivity index (χ1v) is 4.20. The fourth-order valence-electron chi connectivity index (χ4n) is 0.670. The number of nitrogens with two attached hydrogens (primary N) is 1. The topological polar surface area (TPSA) is 77.2 Å². The Morgan fingerprint density at radius 2 is 2.38 bits per heavy atom. The van der Waals surface area contributed by atoms with Gasteiger partial charge in [-0.25, -0.2) is 9.78 Å². The average Bonchev–Trinajstić information content (AvgIpc) is 2.11. The van der Waals surface area contributed by atoms with E-state index in [0.29, 0.717) is 16.1 Å². The third-order valence-corrected chi connectivity index (χ3v) is 1.93. The number of carbonyl (C=O) groups excluding carboxylic acids is 1. The van der Waals surface area contributed by atoms with Crippen LogP contribution in [0, 0.1) is 0 Å². The van der Waals surface area contributed by atoms with Crippen LogP contribution in [-0.2, 0) is 4.74 Å². The number of pyridine rings is 1. The highest BCUT2D eigenvalue weighted by Gasteiger charge is 2.03. The molecule has 0 aliphatic rings. The van der Waals surface area contributed by atoms with Crippen molar-refractivity contribution in [2.75, 3.05) is 18.2 Å². The molecule has 0 atom stereocenters. The number of nitrogens with one attached hydrogen (secondary N) is 1. The van der Waals surface area contributed by atoms with Crippen molar-refractivity contribution >= 4 is 33.5 Å². The Labute approximate surface area is 83.4 Å². The van der Waals surface area contributed by atoms with E-state index in [4.69, 9.17) is 5.73 Å². The lowest BCUT2D eigenvalue weighted by molar-refractivity contribution is 0.187. The number of nitrogens with zero attached hydrogens (tertiary/aromatic N) is 1. The van der Waals surface area contributed by atoms with Gasteiger partial charge in [-0.1, -0.05) is 0 Å². The average molecular weight is 246 g/mol. The molecule has 0 spiro atoms. The van der Waals surface area contributed by atoms with Gasteiger partial charge in [-0.15, -0.1) is 0 Å². The molecule has 5 nitrogen and oxygen atoms in total. The molecule has 0 aromatic carbocycles. The maximum atomic E-state index is 10.8. The number of methoxy groups -OCH3 is 1. The lowest BCUT2D eigenvalue weighted by atomic mass is 10.4. The second-order valence-corrected chi connectivity index (χ2v) is 2.94. The summed E-state index contributed by atoms with van der Waals surface area (Å²) >= 11 is 3.13. The van der Waals surface area contributed by atoms with Gasteiger partial charge in [-0.2, -0.15) is 0 Å². The van der Waals surface area contributed by atoms with Crippen molar-refractivity contribution in [1.82, 2.24) is 4.98 Å². The largest absolute Gasteiger partial charge is 0.453 e. The molecular formula is C7H8BrN3O2. The molecule has 1 rings (SSSR count). The summed E-state index contributed by atoms with van der Waals surface area (Å²) in [7, 11) is 1.28. The van der Waals surface area contributed by atoms with Crippen LogP contribution in [0.2, 0.25) is 0 Å². The molecule has 1 aromatic rings. The summed E-state index contributed by atoms with van der Waals surface area (Å²) < 4.78 is 4.88. The number of aromatic nitrogens is 1. The Morgan fingerprint density at radius 3 is 2.92 bits per heavy atom. The minimum Gasteiger partial charge on any atom is -0.453 e. The maximum Gasteiger partial charge on any atom is 0.412 e. The number of rotatable bonds is 1. The number of ether oxygens (including phenoxy) is 1. The monoisotopic (exact) mass is 245 g/mol. The summed E-state index contributed by atoms with van der Waals surface area (Å²) in [6, 6.07) is 3.21. The van der Waals surface area contributed by atoms with E-state index >= 15 is 0 Å². The third kappa shape index (κ3) is 2.59. The SMILES string of the molecule is COC(=O)Nc1ccc(N)c(Br)n1. The molecule has 0 aliphatic carbocycles. The van der Waals surface area contributed by atoms with Gasteiger partial charge in [0.1, 0.15) is 10.4 Å². The zero-order valence-electron chi connectivity index (χ0n) is 6.87. The van der Waals surface area contributed by atoms with Crippen molar-refractivity contribution in [3.05, 3.63) is 16.7 Å². The van der Waals surface area contributed by atoms with Crippen LogP contribution in [0.4, 0.5) is 16.3 Å². The van der Waals surface area contributed by atoms with Crippen LogP contribution < -0.4 is 11.1 Å². The summed E-state index contributed by atoms with van der Waals surface area (Å²) in [4.78, 5) is 14.7. The molecule has 0 radical (unpaired) electrons. The number of halogens is 1. The highest BCUT2D eigenvalue weighted by molar-refractivity contribution is 9.10. The number of amides is 1. The summed E-state index contributed by atoms with van der Waals surface area (Å²) in [5.74, 6) is 0.382. The minimum absolute atomic E-state index is 0.382. The molecule has 0 bridgehead atoms. The summed E-state index contributed by atoms with van der Waals surface area (Å²) in [6.07, 6.45) is -0.566. The van der Waals surface area contributed by atoms with Crippen LogP contribution in [0.25, 0.3) is 0 Å². The molecule has 0 saturated carbocycles. The first-order chi connectivity index (χ1) is 6.13. The Hall–Kier alpha value is -1.30. The number of nitrogen functional groups attached to an aromatic ring is 1. The zero-order valence-corrected chi connectivity index (χ0v) is 8.46. The fraction of sp³-hybridized carbons (Fsp3) is 0.143. The summed E-state index contributed by atoms with van der Waals surface area (Å²) in [6.45, 7) is 0. The molecular weight excluding hydrogens is 238 g/mol. The first kappa shape index (κ1) is 9.79. The molecule has 0 aliphatic heterocycles. The smallest absolute Gasteiger partial charge is 0.412 e. The van der Waals surface area contributed by atoms with E-state index in [1.54, 1.807) is 12.1 Å². The molecule has 13 heavy (non-hydrogen) atoms. The van der Waals surface area contributed by atoms with E-state index in [9.17, 15) is 4.79 Å². The Bertz CT molecular complexity index is 330. The predicted octanol–water partition coefficient (Wildman–Crippen LogP) is 1.60. The van der Waals surface area contributed by atoms with Crippen LogP contribution >= 0.6 is 15.9 Å². The van der Waals surface area contributed by atoms with E-state index in [1.807, 2.05) is 0 Å². The molecule has 0 fully saturated rings. The van der Waals surface area contributed by atoms with Crippen molar-refractivity contribution in [1.29, 1.82) is 0 Å². The minimum atomic E-state index is -0.566. The van der Waals surface area contributed by atoms with E-state index in [-0.39, 0.29) is 0 Å². The van der Waals surface area contributed by atoms with Crippen LogP contribution in [0.5, 0.6) is 0 Å². The Morgan fingerprint density at radius 1 is 1.69 bits per heavy atom. The maximum absolute atomic E-state index is 10.8. The molecule has 0 saturated heterocycles. The standard InChI is InChI=1S/C7H8BrN3O2/c1-13-7(12)11-5-3-2-4(9)6(8)10-5/h2-3H,9H2,1H3,(H,10,11,12). The van der Waals surface area contributed by atoms with Gasteiger partial charge in [0, 0.05) is 0 Å². The van der Waals surface area contributed by atoms with Crippen molar-refractivity contribution in [2.45, 2.75) is 0 Å². The lowest BCUT2D eigenvalue weighted by Gasteiger charge is -2.03.